The minimum absolute atomic E-state index is 0. The van der Waals surface area contributed by atoms with Crippen molar-refractivity contribution in [1.82, 2.24) is 10.2 Å². The number of hydrogen-bond acceptors (Lipinski definition) is 2. The molecule has 0 saturated heterocycles. The van der Waals surface area contributed by atoms with E-state index in [1.165, 1.54) is 12.0 Å². The van der Waals surface area contributed by atoms with Crippen LogP contribution in [0.3, 0.4) is 0 Å². The van der Waals surface area contributed by atoms with Crippen molar-refractivity contribution in [2.45, 2.75) is 32.9 Å². The number of nitrogens with zero attached hydrogens (tertiary/aromatic N) is 2. The Morgan fingerprint density at radius 1 is 1.38 bits per heavy atom. The predicted molar refractivity (Wildman–Crippen MR) is 98.6 cm³/mol. The van der Waals surface area contributed by atoms with E-state index in [2.05, 4.69) is 48.2 Å². The topological polar surface area (TPSA) is 36.9 Å². The van der Waals surface area contributed by atoms with Crippen LogP contribution in [0.1, 0.15) is 25.8 Å². The third-order valence-corrected chi connectivity index (χ3v) is 3.67. The smallest absolute Gasteiger partial charge is 0.194 e. The highest BCUT2D eigenvalue weighted by Gasteiger charge is 2.33. The Labute approximate surface area is 145 Å². The van der Waals surface area contributed by atoms with Crippen molar-refractivity contribution in [1.29, 1.82) is 0 Å². The molecule has 2 unspecified atom stereocenters. The third-order valence-electron chi connectivity index (χ3n) is 3.67. The monoisotopic (exact) mass is 403 g/mol. The van der Waals surface area contributed by atoms with Gasteiger partial charge < -0.3 is 15.0 Å². The number of guanidine groups is 1. The van der Waals surface area contributed by atoms with Crippen LogP contribution in [0.15, 0.2) is 29.3 Å². The molecule has 1 aliphatic rings. The molecular formula is C16H26IN3O. The Morgan fingerprint density at radius 3 is 2.48 bits per heavy atom. The fourth-order valence-corrected chi connectivity index (χ4v) is 2.19. The fourth-order valence-electron chi connectivity index (χ4n) is 2.19. The number of benzene rings is 1. The maximum atomic E-state index is 5.18. The molecule has 0 aromatic heterocycles. The first-order valence-electron chi connectivity index (χ1n) is 7.29. The Balaban J connectivity index is 0.00000220. The summed E-state index contributed by atoms with van der Waals surface area (Å²) in [5, 5.41) is 3.54. The van der Waals surface area contributed by atoms with Crippen LogP contribution < -0.4 is 10.1 Å². The zero-order valence-corrected chi connectivity index (χ0v) is 15.6. The Morgan fingerprint density at radius 2 is 2.00 bits per heavy atom. The zero-order chi connectivity index (χ0) is 14.5. The number of methoxy groups -OCH3 is 1. The van der Waals surface area contributed by atoms with Crippen molar-refractivity contribution in [3.05, 3.63) is 29.8 Å². The van der Waals surface area contributed by atoms with E-state index in [9.17, 15) is 0 Å². The Bertz CT molecular complexity index is 461. The highest BCUT2D eigenvalue weighted by molar-refractivity contribution is 14.0. The number of aliphatic imine (C=N–C) groups is 1. The van der Waals surface area contributed by atoms with Crippen LogP contribution in [0.4, 0.5) is 0 Å². The summed E-state index contributed by atoms with van der Waals surface area (Å²) in [5.41, 5.74) is 1.25. The molecule has 4 nitrogen and oxygen atoms in total. The Kier molecular flexibility index (Phi) is 7.28. The summed E-state index contributed by atoms with van der Waals surface area (Å²) in [7, 11) is 3.77. The van der Waals surface area contributed by atoms with Gasteiger partial charge in [0, 0.05) is 26.2 Å². The molecule has 0 bridgehead atoms. The molecule has 1 saturated carbocycles. The summed E-state index contributed by atoms with van der Waals surface area (Å²) in [6, 6.07) is 8.78. The first kappa shape index (κ1) is 18.1. The quantitative estimate of drug-likeness (QED) is 0.467. The molecule has 0 heterocycles. The number of nitrogens with one attached hydrogen (secondary N) is 1. The van der Waals surface area contributed by atoms with Crippen molar-refractivity contribution < 1.29 is 4.74 Å². The van der Waals surface area contributed by atoms with Gasteiger partial charge in [0.05, 0.1) is 7.11 Å². The molecule has 2 atom stereocenters. The van der Waals surface area contributed by atoms with E-state index in [0.29, 0.717) is 6.04 Å². The maximum absolute atomic E-state index is 5.18. The van der Waals surface area contributed by atoms with Crippen LogP contribution in [0.2, 0.25) is 0 Å². The van der Waals surface area contributed by atoms with Gasteiger partial charge in [0.25, 0.3) is 0 Å². The van der Waals surface area contributed by atoms with E-state index >= 15 is 0 Å². The molecule has 21 heavy (non-hydrogen) atoms. The first-order valence-corrected chi connectivity index (χ1v) is 7.29. The molecule has 1 aromatic rings. The van der Waals surface area contributed by atoms with E-state index in [-0.39, 0.29) is 24.0 Å². The van der Waals surface area contributed by atoms with Crippen molar-refractivity contribution >= 4 is 29.9 Å². The van der Waals surface area contributed by atoms with Crippen LogP contribution in [0, 0.1) is 5.92 Å². The van der Waals surface area contributed by atoms with Crippen LogP contribution in [0.25, 0.3) is 0 Å². The van der Waals surface area contributed by atoms with Gasteiger partial charge in [-0.3, -0.25) is 4.99 Å². The summed E-state index contributed by atoms with van der Waals surface area (Å²) in [4.78, 5) is 6.75. The summed E-state index contributed by atoms with van der Waals surface area (Å²) in [6.07, 6.45) is 1.25. The van der Waals surface area contributed by atoms with E-state index in [1.807, 2.05) is 12.1 Å². The van der Waals surface area contributed by atoms with Crippen molar-refractivity contribution in [2.75, 3.05) is 20.7 Å². The molecule has 0 radical (unpaired) electrons. The largest absolute Gasteiger partial charge is 0.497 e. The highest BCUT2D eigenvalue weighted by Crippen LogP contribution is 2.29. The fraction of sp³-hybridized carbons (Fsp3) is 0.562. The van der Waals surface area contributed by atoms with Crippen molar-refractivity contribution in [2.24, 2.45) is 10.9 Å². The Hall–Kier alpha value is -0.980. The summed E-state index contributed by atoms with van der Waals surface area (Å²) in [6.45, 7) is 5.98. The lowest BCUT2D eigenvalue weighted by Crippen LogP contribution is -2.40. The molecule has 2 rings (SSSR count). The van der Waals surface area contributed by atoms with E-state index in [0.717, 1.165) is 30.7 Å². The molecule has 0 aliphatic heterocycles. The van der Waals surface area contributed by atoms with E-state index in [4.69, 9.17) is 4.74 Å². The second-order valence-corrected chi connectivity index (χ2v) is 5.47. The molecule has 1 aliphatic carbocycles. The van der Waals surface area contributed by atoms with Gasteiger partial charge in [-0.25, -0.2) is 0 Å². The van der Waals surface area contributed by atoms with Crippen LogP contribution in [0.5, 0.6) is 5.75 Å². The predicted octanol–water partition coefficient (Wildman–Crippen LogP) is 3.12. The van der Waals surface area contributed by atoms with E-state index in [1.54, 1.807) is 7.11 Å². The molecule has 0 amide bonds. The zero-order valence-electron chi connectivity index (χ0n) is 13.3. The summed E-state index contributed by atoms with van der Waals surface area (Å²) in [5.74, 6) is 2.66. The maximum Gasteiger partial charge on any atom is 0.194 e. The van der Waals surface area contributed by atoms with Crippen LogP contribution in [-0.2, 0) is 6.54 Å². The van der Waals surface area contributed by atoms with Crippen LogP contribution in [-0.4, -0.2) is 37.6 Å². The molecule has 1 aromatic carbocycles. The van der Waals surface area contributed by atoms with Crippen molar-refractivity contribution in [3.63, 3.8) is 0 Å². The SMILES string of the molecule is CCN=C(NC1CC1C)N(C)Cc1ccc(OC)cc1.I. The molecule has 5 heteroatoms. The molecule has 0 spiro atoms. The second kappa shape index (κ2) is 8.46. The number of halogens is 1. The third kappa shape index (κ3) is 5.37. The number of rotatable bonds is 5. The number of ether oxygens (including phenoxy) is 1. The number of hydrogen-bond donors (Lipinski definition) is 1. The van der Waals surface area contributed by atoms with Gasteiger partial charge in [-0.05, 0) is 37.0 Å². The summed E-state index contributed by atoms with van der Waals surface area (Å²) < 4.78 is 5.18. The average Bonchev–Trinajstić information content (AvgIpc) is 3.14. The first-order chi connectivity index (χ1) is 9.63. The van der Waals surface area contributed by atoms with Gasteiger partial charge in [-0.2, -0.15) is 0 Å². The lowest BCUT2D eigenvalue weighted by Gasteiger charge is -2.22. The van der Waals surface area contributed by atoms with Gasteiger partial charge >= 0.3 is 0 Å². The second-order valence-electron chi connectivity index (χ2n) is 5.47. The molecule has 118 valence electrons. The molecule has 1 N–H and O–H groups in total. The van der Waals surface area contributed by atoms with Gasteiger partial charge in [-0.15, -0.1) is 24.0 Å². The minimum Gasteiger partial charge on any atom is -0.497 e. The average molecular weight is 403 g/mol. The van der Waals surface area contributed by atoms with Gasteiger partial charge in [0.15, 0.2) is 5.96 Å². The summed E-state index contributed by atoms with van der Waals surface area (Å²) >= 11 is 0. The van der Waals surface area contributed by atoms with Gasteiger partial charge in [-0.1, -0.05) is 19.1 Å². The minimum atomic E-state index is 0. The van der Waals surface area contributed by atoms with E-state index < -0.39 is 0 Å². The van der Waals surface area contributed by atoms with Gasteiger partial charge in [0.2, 0.25) is 0 Å². The lowest BCUT2D eigenvalue weighted by atomic mass is 10.2. The molecule has 1 fully saturated rings. The van der Waals surface area contributed by atoms with Crippen LogP contribution >= 0.6 is 24.0 Å². The lowest BCUT2D eigenvalue weighted by molar-refractivity contribution is 0.414. The standard InChI is InChI=1S/C16H25N3O.HI/c1-5-17-16(18-15-10-12(15)2)19(3)11-13-6-8-14(20-4)9-7-13;/h6-9,12,15H,5,10-11H2,1-4H3,(H,17,18);1H. The normalized spacial score (nSPS) is 20.5. The van der Waals surface area contributed by atoms with Crippen molar-refractivity contribution in [3.8, 4) is 5.75 Å². The molecular weight excluding hydrogens is 377 g/mol. The van der Waals surface area contributed by atoms with Gasteiger partial charge in [0.1, 0.15) is 5.75 Å². The highest BCUT2D eigenvalue weighted by atomic mass is 127.